The maximum absolute atomic E-state index is 13.4. The largest absolute Gasteiger partial charge is 0.372 e. The number of para-hydroxylation sites is 2. The van der Waals surface area contributed by atoms with Gasteiger partial charge in [0.25, 0.3) is 0 Å². The molecule has 0 bridgehead atoms. The highest BCUT2D eigenvalue weighted by Gasteiger charge is 2.35. The van der Waals surface area contributed by atoms with Gasteiger partial charge in [-0.2, -0.15) is 0 Å². The van der Waals surface area contributed by atoms with E-state index in [0.29, 0.717) is 11.4 Å². The van der Waals surface area contributed by atoms with Crippen LogP contribution in [0.2, 0.25) is 5.02 Å². The molecule has 0 fully saturated rings. The second-order valence-electron chi connectivity index (χ2n) is 7.50. The number of rotatable bonds is 2. The fourth-order valence-corrected chi connectivity index (χ4v) is 4.39. The zero-order valence-electron chi connectivity index (χ0n) is 15.7. The predicted molar refractivity (Wildman–Crippen MR) is 116 cm³/mol. The van der Waals surface area contributed by atoms with Crippen molar-refractivity contribution in [3.05, 3.63) is 100 Å². The smallest absolute Gasteiger partial charge is 0.163 e. The van der Waals surface area contributed by atoms with Crippen LogP contribution in [-0.4, -0.2) is 10.8 Å². The molecule has 2 heterocycles. The molecule has 2 aromatic carbocycles. The molecule has 1 aromatic heterocycles. The van der Waals surface area contributed by atoms with E-state index < -0.39 is 0 Å². The summed E-state index contributed by atoms with van der Waals surface area (Å²) < 4.78 is 0. The highest BCUT2D eigenvalue weighted by molar-refractivity contribution is 6.30. The summed E-state index contributed by atoms with van der Waals surface area (Å²) in [5.41, 5.74) is 5.95. The number of pyridine rings is 1. The third kappa shape index (κ3) is 3.40. The normalized spacial score (nSPS) is 20.8. The van der Waals surface area contributed by atoms with Gasteiger partial charge in [0, 0.05) is 35.1 Å². The third-order valence-electron chi connectivity index (χ3n) is 5.69. The van der Waals surface area contributed by atoms with Crippen LogP contribution in [0.5, 0.6) is 0 Å². The summed E-state index contributed by atoms with van der Waals surface area (Å²) >= 11 is 6.05. The van der Waals surface area contributed by atoms with Crippen LogP contribution in [-0.2, 0) is 4.79 Å². The van der Waals surface area contributed by atoms with Crippen molar-refractivity contribution in [1.29, 1.82) is 0 Å². The number of anilines is 2. The molecule has 0 spiro atoms. The average molecular weight is 402 g/mol. The summed E-state index contributed by atoms with van der Waals surface area (Å²) in [6.07, 6.45) is 4.80. The molecular weight excluding hydrogens is 382 g/mol. The number of hydrogen-bond donors (Lipinski definition) is 2. The zero-order chi connectivity index (χ0) is 19.8. The molecule has 0 radical (unpaired) electrons. The summed E-state index contributed by atoms with van der Waals surface area (Å²) in [7, 11) is 0. The molecule has 0 saturated carbocycles. The first-order valence-electron chi connectivity index (χ1n) is 9.73. The number of Topliss-reactive ketones (excluding diaryl/α,β-unsaturated/α-hetero) is 1. The first kappa shape index (κ1) is 18.0. The second-order valence-corrected chi connectivity index (χ2v) is 7.94. The Balaban J connectivity index is 1.60. The fourth-order valence-electron chi connectivity index (χ4n) is 4.27. The van der Waals surface area contributed by atoms with Crippen molar-refractivity contribution in [2.75, 3.05) is 10.6 Å². The van der Waals surface area contributed by atoms with E-state index in [0.717, 1.165) is 40.2 Å². The number of hydrogen-bond acceptors (Lipinski definition) is 4. The molecule has 5 heteroatoms. The molecule has 2 aliphatic rings. The predicted octanol–water partition coefficient (Wildman–Crippen LogP) is 5.71. The van der Waals surface area contributed by atoms with E-state index in [2.05, 4.69) is 15.6 Å². The molecular formula is C24H20ClN3O. The summed E-state index contributed by atoms with van der Waals surface area (Å²) in [6, 6.07) is 19.6. The fraction of sp³-hybridized carbons (Fsp3) is 0.167. The summed E-state index contributed by atoms with van der Waals surface area (Å²) in [6.45, 7) is 0. The molecule has 1 aliphatic heterocycles. The van der Waals surface area contributed by atoms with Crippen molar-refractivity contribution >= 4 is 28.8 Å². The molecule has 0 amide bonds. The molecule has 2 atom stereocenters. The zero-order valence-corrected chi connectivity index (χ0v) is 16.5. The Labute approximate surface area is 174 Å². The monoisotopic (exact) mass is 401 g/mol. The summed E-state index contributed by atoms with van der Waals surface area (Å²) in [5, 5.41) is 7.85. The van der Waals surface area contributed by atoms with Crippen LogP contribution in [0, 0.1) is 0 Å². The minimum Gasteiger partial charge on any atom is -0.372 e. The van der Waals surface area contributed by atoms with Gasteiger partial charge in [0.05, 0.1) is 17.4 Å². The summed E-state index contributed by atoms with van der Waals surface area (Å²) in [5.74, 6) is 0.301. The molecule has 0 saturated heterocycles. The summed E-state index contributed by atoms with van der Waals surface area (Å²) in [4.78, 5) is 17.5. The van der Waals surface area contributed by atoms with E-state index in [-0.39, 0.29) is 17.7 Å². The van der Waals surface area contributed by atoms with E-state index >= 15 is 0 Å². The van der Waals surface area contributed by atoms with Gasteiger partial charge < -0.3 is 10.6 Å². The van der Waals surface area contributed by atoms with Crippen LogP contribution < -0.4 is 10.6 Å². The Hall–Kier alpha value is -3.11. The van der Waals surface area contributed by atoms with Crippen LogP contribution in [0.4, 0.5) is 11.4 Å². The van der Waals surface area contributed by atoms with Crippen molar-refractivity contribution < 1.29 is 4.79 Å². The Morgan fingerprint density at radius 3 is 2.34 bits per heavy atom. The van der Waals surface area contributed by atoms with Crippen molar-refractivity contribution in [3.8, 4) is 0 Å². The number of allylic oxidation sites excluding steroid dienone is 1. The van der Waals surface area contributed by atoms with Gasteiger partial charge in [0.2, 0.25) is 0 Å². The van der Waals surface area contributed by atoms with Gasteiger partial charge in [-0.3, -0.25) is 9.78 Å². The number of halogens is 1. The van der Waals surface area contributed by atoms with Gasteiger partial charge in [-0.15, -0.1) is 0 Å². The Bertz CT molecular complexity index is 1090. The minimum absolute atomic E-state index is 0.134. The molecule has 4 nitrogen and oxygen atoms in total. The number of carbonyl (C=O) groups is 1. The first-order valence-corrected chi connectivity index (χ1v) is 10.1. The number of carbonyl (C=O) groups excluding carboxylic acids is 1. The lowest BCUT2D eigenvalue weighted by molar-refractivity contribution is -0.116. The molecule has 3 aromatic rings. The maximum Gasteiger partial charge on any atom is 0.163 e. The number of nitrogens with zero attached hydrogens (tertiary/aromatic N) is 1. The molecule has 2 N–H and O–H groups in total. The topological polar surface area (TPSA) is 54.0 Å². The Morgan fingerprint density at radius 1 is 0.862 bits per heavy atom. The van der Waals surface area contributed by atoms with Crippen molar-refractivity contribution in [1.82, 2.24) is 4.98 Å². The van der Waals surface area contributed by atoms with Gasteiger partial charge in [0.1, 0.15) is 0 Å². The number of ketones is 1. The maximum atomic E-state index is 13.4. The number of nitrogens with one attached hydrogen (secondary N) is 2. The quantitative estimate of drug-likeness (QED) is 0.577. The van der Waals surface area contributed by atoms with Crippen LogP contribution in [0.3, 0.4) is 0 Å². The van der Waals surface area contributed by atoms with Crippen LogP contribution in [0.1, 0.15) is 35.9 Å². The Morgan fingerprint density at radius 2 is 1.59 bits per heavy atom. The van der Waals surface area contributed by atoms with Gasteiger partial charge >= 0.3 is 0 Å². The van der Waals surface area contributed by atoms with Gasteiger partial charge in [-0.05, 0) is 59.9 Å². The van der Waals surface area contributed by atoms with E-state index in [1.807, 2.05) is 60.7 Å². The lowest BCUT2D eigenvalue weighted by Crippen LogP contribution is -2.26. The Kier molecular flexibility index (Phi) is 4.57. The van der Waals surface area contributed by atoms with Gasteiger partial charge in [-0.1, -0.05) is 35.9 Å². The highest BCUT2D eigenvalue weighted by atomic mass is 35.5. The van der Waals surface area contributed by atoms with Gasteiger partial charge in [0.15, 0.2) is 5.78 Å². The first-order chi connectivity index (χ1) is 14.2. The van der Waals surface area contributed by atoms with Crippen molar-refractivity contribution in [3.63, 3.8) is 0 Å². The number of aromatic nitrogens is 1. The van der Waals surface area contributed by atoms with Crippen LogP contribution >= 0.6 is 11.6 Å². The van der Waals surface area contributed by atoms with Gasteiger partial charge in [-0.25, -0.2) is 0 Å². The molecule has 29 heavy (non-hydrogen) atoms. The van der Waals surface area contributed by atoms with Crippen LogP contribution in [0.15, 0.2) is 84.3 Å². The van der Waals surface area contributed by atoms with E-state index in [9.17, 15) is 4.79 Å². The van der Waals surface area contributed by atoms with Crippen LogP contribution in [0.25, 0.3) is 0 Å². The molecule has 1 aliphatic carbocycles. The van der Waals surface area contributed by atoms with E-state index in [1.165, 1.54) is 0 Å². The number of benzene rings is 2. The third-order valence-corrected chi connectivity index (χ3v) is 5.94. The van der Waals surface area contributed by atoms with E-state index in [1.54, 1.807) is 12.4 Å². The molecule has 0 unspecified atom stereocenters. The SMILES string of the molecule is O=C1C[C@H](c2ccc(Cl)cc2)CC2=C1[C@@H](c1ccncc1)Nc1ccccc1N2. The average Bonchev–Trinajstić information content (AvgIpc) is 2.92. The molecule has 5 rings (SSSR count). The van der Waals surface area contributed by atoms with E-state index in [4.69, 9.17) is 11.6 Å². The second kappa shape index (κ2) is 7.37. The van der Waals surface area contributed by atoms with Crippen molar-refractivity contribution in [2.24, 2.45) is 0 Å². The lowest BCUT2D eigenvalue weighted by Gasteiger charge is -2.30. The van der Waals surface area contributed by atoms with Crippen molar-refractivity contribution in [2.45, 2.75) is 24.8 Å². The lowest BCUT2D eigenvalue weighted by atomic mass is 9.78. The highest BCUT2D eigenvalue weighted by Crippen LogP contribution is 2.44. The number of fused-ring (bicyclic) bond motifs is 1. The minimum atomic E-state index is -0.206. The molecule has 144 valence electrons. The standard InChI is InChI=1S/C24H20ClN3O/c25-18-7-5-15(6-8-18)17-13-21-23(22(29)14-17)24(16-9-11-26-12-10-16)28-20-4-2-1-3-19(20)27-21/h1-12,17,24,27-28H,13-14H2/t17-,24-/m1/s1.